The zero-order valence-corrected chi connectivity index (χ0v) is 20.2. The van der Waals surface area contributed by atoms with Crippen molar-refractivity contribution in [2.45, 2.75) is 38.3 Å². The molecule has 3 aromatic heterocycles. The van der Waals surface area contributed by atoms with E-state index in [2.05, 4.69) is 20.6 Å². The van der Waals surface area contributed by atoms with Crippen molar-refractivity contribution in [3.05, 3.63) is 58.9 Å². The number of anilines is 2. The minimum absolute atomic E-state index is 0.0131. The van der Waals surface area contributed by atoms with E-state index in [1.807, 2.05) is 44.2 Å². The van der Waals surface area contributed by atoms with Crippen molar-refractivity contribution in [3.8, 4) is 22.9 Å². The molecule has 2 atom stereocenters. The Morgan fingerprint density at radius 3 is 2.86 bits per heavy atom. The summed E-state index contributed by atoms with van der Waals surface area (Å²) in [6.07, 6.45) is 2.65. The summed E-state index contributed by atoms with van der Waals surface area (Å²) in [6.45, 7) is 3.92. The fourth-order valence-corrected chi connectivity index (χ4v) is 4.99. The molecule has 8 nitrogen and oxygen atoms in total. The first-order valence-corrected chi connectivity index (χ1v) is 11.9. The zero-order chi connectivity index (χ0) is 24.3. The molecule has 2 aliphatic rings. The molecule has 178 valence electrons. The standard InChI is InChI=1S/C26H24ClN5O3/c1-12(2)35-19-8-7-16-21(31-19)13(9-10-28-16)23-24(29-17-6-4-5-15(27)25(17)34-3)20-22(32-23)14-11-18(14)30-26(20)33/h4-10,12,14,18,29,32H,11H2,1-3H3,(H,30,33). The number of ether oxygens (including phenoxy) is 2. The first kappa shape index (κ1) is 21.7. The molecule has 3 N–H and O–H groups in total. The average Bonchev–Trinajstić information content (AvgIpc) is 3.50. The molecule has 1 aromatic carbocycles. The number of amides is 1. The highest BCUT2D eigenvalue weighted by molar-refractivity contribution is 6.32. The Balaban J connectivity index is 1.57. The fourth-order valence-electron chi connectivity index (χ4n) is 4.74. The molecule has 0 spiro atoms. The highest BCUT2D eigenvalue weighted by Gasteiger charge is 2.48. The molecule has 0 bridgehead atoms. The Labute approximate surface area is 207 Å². The Hall–Kier alpha value is -3.78. The van der Waals surface area contributed by atoms with Crippen LogP contribution < -0.4 is 20.1 Å². The second kappa shape index (κ2) is 8.16. The fraction of sp³-hybridized carbons (Fsp3) is 0.269. The van der Waals surface area contributed by atoms with Crippen molar-refractivity contribution in [1.82, 2.24) is 20.3 Å². The van der Waals surface area contributed by atoms with Gasteiger partial charge >= 0.3 is 0 Å². The van der Waals surface area contributed by atoms with Gasteiger partial charge < -0.3 is 25.1 Å². The second-order valence-corrected chi connectivity index (χ2v) is 9.48. The maximum absolute atomic E-state index is 13.2. The maximum atomic E-state index is 13.2. The van der Waals surface area contributed by atoms with Crippen LogP contribution in [0.25, 0.3) is 22.3 Å². The van der Waals surface area contributed by atoms with Crippen LogP contribution >= 0.6 is 11.6 Å². The molecule has 4 aromatic rings. The number of halogens is 1. The number of aromatic amines is 1. The Morgan fingerprint density at radius 2 is 2.06 bits per heavy atom. The molecular formula is C26H24ClN5O3. The number of nitrogens with zero attached hydrogens (tertiary/aromatic N) is 2. The van der Waals surface area contributed by atoms with Crippen LogP contribution in [0.3, 0.4) is 0 Å². The average molecular weight is 490 g/mol. The lowest BCUT2D eigenvalue weighted by Crippen LogP contribution is -2.31. The maximum Gasteiger partial charge on any atom is 0.255 e. The van der Waals surface area contributed by atoms with Crippen LogP contribution in [0.4, 0.5) is 11.4 Å². The summed E-state index contributed by atoms with van der Waals surface area (Å²) < 4.78 is 11.4. The van der Waals surface area contributed by atoms with Gasteiger partial charge in [-0.25, -0.2) is 4.98 Å². The molecule has 0 radical (unpaired) electrons. The van der Waals surface area contributed by atoms with Crippen molar-refractivity contribution < 1.29 is 14.3 Å². The number of benzene rings is 1. The number of carbonyl (C=O) groups excluding carboxylic acids is 1. The van der Waals surface area contributed by atoms with Gasteiger partial charge in [0.1, 0.15) is 5.52 Å². The molecule has 9 heteroatoms. The van der Waals surface area contributed by atoms with Crippen molar-refractivity contribution >= 4 is 39.9 Å². The summed E-state index contributed by atoms with van der Waals surface area (Å²) in [5.41, 5.74) is 5.80. The number of nitrogens with one attached hydrogen (secondary N) is 3. The summed E-state index contributed by atoms with van der Waals surface area (Å²) in [5, 5.41) is 7.02. The predicted molar refractivity (Wildman–Crippen MR) is 135 cm³/mol. The third-order valence-electron chi connectivity index (χ3n) is 6.35. The lowest BCUT2D eigenvalue weighted by Gasteiger charge is -2.17. The number of hydrogen-bond acceptors (Lipinski definition) is 6. The van der Waals surface area contributed by atoms with Crippen molar-refractivity contribution in [2.24, 2.45) is 0 Å². The van der Waals surface area contributed by atoms with Gasteiger partial charge in [0.15, 0.2) is 5.75 Å². The van der Waals surface area contributed by atoms with E-state index < -0.39 is 0 Å². The van der Waals surface area contributed by atoms with Gasteiger partial charge in [0, 0.05) is 35.5 Å². The number of H-pyrrole nitrogens is 1. The molecule has 1 fully saturated rings. The van der Waals surface area contributed by atoms with E-state index in [9.17, 15) is 4.79 Å². The highest BCUT2D eigenvalue weighted by atomic mass is 35.5. The van der Waals surface area contributed by atoms with Gasteiger partial charge in [-0.2, -0.15) is 0 Å². The number of aromatic nitrogens is 3. The number of para-hydroxylation sites is 1. The lowest BCUT2D eigenvalue weighted by atomic mass is 10.0. The number of rotatable bonds is 6. The summed E-state index contributed by atoms with van der Waals surface area (Å²) >= 11 is 6.38. The predicted octanol–water partition coefficient (Wildman–Crippen LogP) is 5.42. The van der Waals surface area contributed by atoms with Crippen LogP contribution in [-0.4, -0.2) is 40.1 Å². The smallest absolute Gasteiger partial charge is 0.255 e. The minimum Gasteiger partial charge on any atom is -0.493 e. The summed E-state index contributed by atoms with van der Waals surface area (Å²) in [7, 11) is 1.57. The largest absolute Gasteiger partial charge is 0.493 e. The quantitative estimate of drug-likeness (QED) is 0.334. The number of pyridine rings is 2. The van der Waals surface area contributed by atoms with Crippen LogP contribution in [0, 0.1) is 0 Å². The van der Waals surface area contributed by atoms with Crippen molar-refractivity contribution in [3.63, 3.8) is 0 Å². The van der Waals surface area contributed by atoms with Gasteiger partial charge in [0.05, 0.1) is 46.4 Å². The minimum atomic E-state index is -0.111. The van der Waals surface area contributed by atoms with Crippen LogP contribution in [0.1, 0.15) is 42.2 Å². The Bertz CT molecular complexity index is 1480. The van der Waals surface area contributed by atoms with Gasteiger partial charge in [-0.05, 0) is 44.5 Å². The Kier molecular flexibility index (Phi) is 5.07. The van der Waals surface area contributed by atoms with Crippen LogP contribution in [0.2, 0.25) is 5.02 Å². The van der Waals surface area contributed by atoms with E-state index in [0.29, 0.717) is 39.1 Å². The number of hydrogen-bond donors (Lipinski definition) is 3. The zero-order valence-electron chi connectivity index (χ0n) is 19.5. The first-order valence-electron chi connectivity index (χ1n) is 11.5. The summed E-state index contributed by atoms with van der Waals surface area (Å²) in [4.78, 5) is 26.0. The van der Waals surface area contributed by atoms with Gasteiger partial charge in [-0.15, -0.1) is 0 Å². The van der Waals surface area contributed by atoms with Crippen LogP contribution in [0.5, 0.6) is 11.6 Å². The van der Waals surface area contributed by atoms with E-state index in [1.165, 1.54) is 0 Å². The van der Waals surface area contributed by atoms with Crippen LogP contribution in [0.15, 0.2) is 42.6 Å². The highest BCUT2D eigenvalue weighted by Crippen LogP contribution is 2.50. The molecular weight excluding hydrogens is 466 g/mol. The monoisotopic (exact) mass is 489 g/mol. The number of methoxy groups -OCH3 is 1. The van der Waals surface area contributed by atoms with Gasteiger partial charge in [-0.3, -0.25) is 9.78 Å². The van der Waals surface area contributed by atoms with Gasteiger partial charge in [0.25, 0.3) is 5.91 Å². The summed E-state index contributed by atoms with van der Waals surface area (Å²) in [6, 6.07) is 11.2. The second-order valence-electron chi connectivity index (χ2n) is 9.07. The third-order valence-corrected chi connectivity index (χ3v) is 6.65. The van der Waals surface area contributed by atoms with Crippen molar-refractivity contribution in [1.29, 1.82) is 0 Å². The molecule has 35 heavy (non-hydrogen) atoms. The molecule has 1 aliphatic heterocycles. The van der Waals surface area contributed by atoms with E-state index in [4.69, 9.17) is 26.1 Å². The van der Waals surface area contributed by atoms with Crippen molar-refractivity contribution in [2.75, 3.05) is 12.4 Å². The SMILES string of the molecule is COc1c(Cl)cccc1Nc1c(-c2ccnc3ccc(OC(C)C)nc23)[nH]c2c1C(=O)NC1CC21. The first-order chi connectivity index (χ1) is 16.9. The molecule has 6 rings (SSSR count). The van der Waals surface area contributed by atoms with E-state index >= 15 is 0 Å². The number of carbonyl (C=O) groups is 1. The van der Waals surface area contributed by atoms with Crippen LogP contribution in [-0.2, 0) is 0 Å². The number of fused-ring (bicyclic) bond motifs is 4. The molecule has 1 saturated carbocycles. The summed E-state index contributed by atoms with van der Waals surface area (Å²) in [5.74, 6) is 1.17. The van der Waals surface area contributed by atoms with E-state index in [0.717, 1.165) is 28.9 Å². The van der Waals surface area contributed by atoms with E-state index in [1.54, 1.807) is 19.4 Å². The Morgan fingerprint density at radius 1 is 1.20 bits per heavy atom. The molecule has 2 unspecified atom stereocenters. The molecule has 1 amide bonds. The normalized spacial score (nSPS) is 18.1. The molecule has 4 heterocycles. The van der Waals surface area contributed by atoms with Gasteiger partial charge in [0.2, 0.25) is 5.88 Å². The van der Waals surface area contributed by atoms with Gasteiger partial charge in [-0.1, -0.05) is 17.7 Å². The third kappa shape index (κ3) is 3.65. The molecule has 0 saturated heterocycles. The molecule has 1 aliphatic carbocycles. The topological polar surface area (TPSA) is 101 Å². The lowest BCUT2D eigenvalue weighted by molar-refractivity contribution is 0.0944. The van der Waals surface area contributed by atoms with E-state index in [-0.39, 0.29) is 24.0 Å².